The van der Waals surface area contributed by atoms with Gasteiger partial charge in [-0.1, -0.05) is 12.1 Å². The van der Waals surface area contributed by atoms with Gasteiger partial charge in [-0.3, -0.25) is 4.57 Å². The Morgan fingerprint density at radius 3 is 2.69 bits per heavy atom. The summed E-state index contributed by atoms with van der Waals surface area (Å²) < 4.78 is 25.1. The summed E-state index contributed by atoms with van der Waals surface area (Å²) in [5.41, 5.74) is 1.40. The number of rotatable bonds is 7. The Balaban J connectivity index is 1.48. The topological polar surface area (TPSA) is 73.3 Å². The molecular formula is C19H19FN2O4. The molecule has 26 heavy (non-hydrogen) atoms. The van der Waals surface area contributed by atoms with E-state index >= 15 is 0 Å². The van der Waals surface area contributed by atoms with Crippen LogP contribution in [-0.4, -0.2) is 28.2 Å². The van der Waals surface area contributed by atoms with Gasteiger partial charge in [0, 0.05) is 6.54 Å². The van der Waals surface area contributed by atoms with Crippen molar-refractivity contribution in [2.24, 2.45) is 0 Å². The number of fused-ring (bicyclic) bond motifs is 1. The summed E-state index contributed by atoms with van der Waals surface area (Å²) in [6.07, 6.45) is -0.312. The van der Waals surface area contributed by atoms with Crippen LogP contribution in [0.1, 0.15) is 13.3 Å². The Labute approximate surface area is 149 Å². The average molecular weight is 358 g/mol. The summed E-state index contributed by atoms with van der Waals surface area (Å²) in [6, 6.07) is 12.8. The van der Waals surface area contributed by atoms with E-state index in [1.165, 1.54) is 24.3 Å². The number of H-pyrrole nitrogens is 1. The van der Waals surface area contributed by atoms with Crippen LogP contribution in [0.3, 0.4) is 0 Å². The lowest BCUT2D eigenvalue weighted by molar-refractivity contribution is -0.151. The maximum absolute atomic E-state index is 12.9. The summed E-state index contributed by atoms with van der Waals surface area (Å²) in [5.74, 6) is -0.498. The van der Waals surface area contributed by atoms with Crippen LogP contribution in [0.25, 0.3) is 11.0 Å². The van der Waals surface area contributed by atoms with Crippen molar-refractivity contribution in [2.45, 2.75) is 26.0 Å². The van der Waals surface area contributed by atoms with Crippen molar-refractivity contribution in [2.75, 3.05) is 6.61 Å². The third-order valence-corrected chi connectivity index (χ3v) is 3.91. The zero-order valence-electron chi connectivity index (χ0n) is 14.3. The molecule has 7 heteroatoms. The van der Waals surface area contributed by atoms with E-state index in [2.05, 4.69) is 4.98 Å². The Hall–Kier alpha value is -3.09. The molecule has 0 radical (unpaired) electrons. The summed E-state index contributed by atoms with van der Waals surface area (Å²) in [5, 5.41) is 0. The van der Waals surface area contributed by atoms with E-state index in [1.54, 1.807) is 11.5 Å². The second-order valence-electron chi connectivity index (χ2n) is 5.83. The monoisotopic (exact) mass is 358 g/mol. The standard InChI is InChI=1S/C19H19FN2O4/c1-13(26-15-9-7-14(20)8-10-15)18(23)25-12-4-11-22-17-6-3-2-5-16(17)21-19(22)24/h2-3,5-10,13H,4,11-12H2,1H3,(H,21,24)/t13-/m1/s1. The Bertz CT molecular complexity index is 946. The molecule has 0 bridgehead atoms. The summed E-state index contributed by atoms with van der Waals surface area (Å²) in [4.78, 5) is 26.7. The molecule has 0 aliphatic heterocycles. The van der Waals surface area contributed by atoms with Gasteiger partial charge >= 0.3 is 11.7 Å². The molecule has 0 amide bonds. The third kappa shape index (κ3) is 4.11. The van der Waals surface area contributed by atoms with E-state index in [-0.39, 0.29) is 18.1 Å². The number of carbonyl (C=O) groups is 1. The third-order valence-electron chi connectivity index (χ3n) is 3.91. The fraction of sp³-hybridized carbons (Fsp3) is 0.263. The molecule has 0 saturated carbocycles. The van der Waals surface area contributed by atoms with E-state index in [0.717, 1.165) is 11.0 Å². The van der Waals surface area contributed by atoms with Crippen molar-refractivity contribution in [3.05, 3.63) is 64.8 Å². The predicted octanol–water partition coefficient (Wildman–Crippen LogP) is 2.87. The first-order valence-corrected chi connectivity index (χ1v) is 8.31. The second-order valence-corrected chi connectivity index (χ2v) is 5.83. The summed E-state index contributed by atoms with van der Waals surface area (Å²) in [6.45, 7) is 2.17. The quantitative estimate of drug-likeness (QED) is 0.521. The molecule has 6 nitrogen and oxygen atoms in total. The van der Waals surface area contributed by atoms with Gasteiger partial charge in [-0.2, -0.15) is 0 Å². The number of esters is 1. The molecule has 0 aliphatic carbocycles. The normalized spacial score (nSPS) is 12.1. The number of aromatic nitrogens is 2. The van der Waals surface area contributed by atoms with E-state index in [0.29, 0.717) is 18.7 Å². The lowest BCUT2D eigenvalue weighted by Gasteiger charge is -2.14. The van der Waals surface area contributed by atoms with Crippen molar-refractivity contribution in [3.8, 4) is 5.75 Å². The number of benzene rings is 2. The zero-order valence-corrected chi connectivity index (χ0v) is 14.3. The number of hydrogen-bond donors (Lipinski definition) is 1. The lowest BCUT2D eigenvalue weighted by Crippen LogP contribution is -2.27. The number of halogens is 1. The second kappa shape index (κ2) is 7.86. The van der Waals surface area contributed by atoms with Crippen LogP contribution >= 0.6 is 0 Å². The van der Waals surface area contributed by atoms with E-state index in [9.17, 15) is 14.0 Å². The van der Waals surface area contributed by atoms with E-state index in [4.69, 9.17) is 9.47 Å². The van der Waals surface area contributed by atoms with Crippen molar-refractivity contribution in [1.82, 2.24) is 9.55 Å². The van der Waals surface area contributed by atoms with Crippen LogP contribution in [0.4, 0.5) is 4.39 Å². The highest BCUT2D eigenvalue weighted by molar-refractivity contribution is 5.75. The lowest BCUT2D eigenvalue weighted by atomic mass is 10.3. The first kappa shape index (κ1) is 17.7. The first-order chi connectivity index (χ1) is 12.5. The molecule has 1 aromatic heterocycles. The van der Waals surface area contributed by atoms with Gasteiger partial charge in [0.2, 0.25) is 0 Å². The van der Waals surface area contributed by atoms with Crippen LogP contribution in [0.5, 0.6) is 5.75 Å². The first-order valence-electron chi connectivity index (χ1n) is 8.31. The Morgan fingerprint density at radius 1 is 1.19 bits per heavy atom. The smallest absolute Gasteiger partial charge is 0.347 e. The number of aryl methyl sites for hydroxylation is 1. The summed E-state index contributed by atoms with van der Waals surface area (Å²) >= 11 is 0. The molecule has 0 saturated heterocycles. The maximum Gasteiger partial charge on any atom is 0.347 e. The fourth-order valence-electron chi connectivity index (χ4n) is 2.61. The van der Waals surface area contributed by atoms with Gasteiger partial charge in [0.15, 0.2) is 6.10 Å². The van der Waals surface area contributed by atoms with E-state index in [1.807, 2.05) is 24.3 Å². The SMILES string of the molecule is C[C@@H](Oc1ccc(F)cc1)C(=O)OCCCn1c(=O)[nH]c2ccccc21. The van der Waals surface area contributed by atoms with Crippen molar-refractivity contribution in [1.29, 1.82) is 0 Å². The van der Waals surface area contributed by atoms with Crippen molar-refractivity contribution >= 4 is 17.0 Å². The molecule has 136 valence electrons. The number of nitrogens with one attached hydrogen (secondary N) is 1. The van der Waals surface area contributed by atoms with Gasteiger partial charge in [0.25, 0.3) is 0 Å². The number of imidazole rings is 1. The summed E-state index contributed by atoms with van der Waals surface area (Å²) in [7, 11) is 0. The minimum Gasteiger partial charge on any atom is -0.479 e. The molecule has 0 spiro atoms. The molecule has 1 N–H and O–H groups in total. The maximum atomic E-state index is 12.9. The van der Waals surface area contributed by atoms with Crippen LogP contribution in [0.15, 0.2) is 53.3 Å². The number of carbonyl (C=O) groups excluding carboxylic acids is 1. The van der Waals surface area contributed by atoms with Gasteiger partial charge in [0.05, 0.1) is 17.6 Å². The molecule has 3 rings (SSSR count). The molecule has 0 fully saturated rings. The minimum atomic E-state index is -0.809. The molecular weight excluding hydrogens is 339 g/mol. The van der Waals surface area contributed by atoms with Crippen LogP contribution < -0.4 is 10.4 Å². The van der Waals surface area contributed by atoms with Crippen molar-refractivity contribution in [3.63, 3.8) is 0 Å². The highest BCUT2D eigenvalue weighted by atomic mass is 19.1. The molecule has 0 unspecified atom stereocenters. The van der Waals surface area contributed by atoms with Gasteiger partial charge < -0.3 is 14.5 Å². The van der Waals surface area contributed by atoms with E-state index < -0.39 is 12.1 Å². The number of aromatic amines is 1. The van der Waals surface area contributed by atoms with Gasteiger partial charge in [-0.25, -0.2) is 14.0 Å². The van der Waals surface area contributed by atoms with Gasteiger partial charge in [0.1, 0.15) is 11.6 Å². The minimum absolute atomic E-state index is 0.169. The van der Waals surface area contributed by atoms with Crippen LogP contribution in [0, 0.1) is 5.82 Å². The van der Waals surface area contributed by atoms with Crippen LogP contribution in [-0.2, 0) is 16.1 Å². The van der Waals surface area contributed by atoms with Crippen molar-refractivity contribution < 1.29 is 18.7 Å². The molecule has 3 aromatic rings. The number of para-hydroxylation sites is 2. The molecule has 1 atom stereocenters. The number of nitrogens with zero attached hydrogens (tertiary/aromatic N) is 1. The highest BCUT2D eigenvalue weighted by Crippen LogP contribution is 2.14. The van der Waals surface area contributed by atoms with Crippen LogP contribution in [0.2, 0.25) is 0 Å². The largest absolute Gasteiger partial charge is 0.479 e. The number of ether oxygens (including phenoxy) is 2. The van der Waals surface area contributed by atoms with Gasteiger partial charge in [-0.05, 0) is 49.7 Å². The highest BCUT2D eigenvalue weighted by Gasteiger charge is 2.16. The molecule has 0 aliphatic rings. The Morgan fingerprint density at radius 2 is 1.92 bits per heavy atom. The fourth-order valence-corrected chi connectivity index (χ4v) is 2.61. The predicted molar refractivity (Wildman–Crippen MR) is 94.6 cm³/mol. The average Bonchev–Trinajstić information content (AvgIpc) is 2.95. The number of hydrogen-bond acceptors (Lipinski definition) is 4. The molecule has 2 aromatic carbocycles. The Kier molecular flexibility index (Phi) is 5.36. The molecule has 1 heterocycles. The van der Waals surface area contributed by atoms with Gasteiger partial charge in [-0.15, -0.1) is 0 Å². The zero-order chi connectivity index (χ0) is 18.5.